The van der Waals surface area contributed by atoms with Crippen LogP contribution in [-0.2, 0) is 4.74 Å². The van der Waals surface area contributed by atoms with Crippen LogP contribution in [0.1, 0.15) is 17.4 Å². The van der Waals surface area contributed by atoms with Crippen LogP contribution in [0, 0.1) is 6.92 Å². The van der Waals surface area contributed by atoms with Crippen LogP contribution in [0.4, 0.5) is 10.5 Å². The lowest BCUT2D eigenvalue weighted by molar-refractivity contribution is 0.0611. The van der Waals surface area contributed by atoms with Gasteiger partial charge in [-0.25, -0.2) is 9.69 Å². The number of hydrogen-bond donors (Lipinski definition) is 0. The maximum atomic E-state index is 12.4. The molecular formula is C18H17NO3. The predicted octanol–water partition coefficient (Wildman–Crippen LogP) is 4.22. The molecule has 0 saturated carbocycles. The average Bonchev–Trinajstić information content (AvgIpc) is 2.53. The molecule has 0 bridgehead atoms. The first kappa shape index (κ1) is 14.4. The Bertz CT molecular complexity index is 694. The van der Waals surface area contributed by atoms with E-state index < -0.39 is 12.3 Å². The molecule has 0 fully saturated rings. The molecule has 0 aromatic heterocycles. The quantitative estimate of drug-likeness (QED) is 0.793. The second kappa shape index (κ2) is 6.03. The lowest BCUT2D eigenvalue weighted by atomic mass is 10.1. The zero-order chi connectivity index (χ0) is 15.5. The molecule has 0 spiro atoms. The molecule has 2 aromatic carbocycles. The van der Waals surface area contributed by atoms with Gasteiger partial charge in [-0.1, -0.05) is 42.0 Å². The number of aryl methyl sites for hydroxylation is 1. The van der Waals surface area contributed by atoms with E-state index in [9.17, 15) is 4.79 Å². The summed E-state index contributed by atoms with van der Waals surface area (Å²) < 4.78 is 11.3. The number of ether oxygens (including phenoxy) is 2. The van der Waals surface area contributed by atoms with Gasteiger partial charge in [0.05, 0.1) is 12.3 Å². The molecule has 22 heavy (non-hydrogen) atoms. The summed E-state index contributed by atoms with van der Waals surface area (Å²) in [5.74, 6) is 0.532. The summed E-state index contributed by atoms with van der Waals surface area (Å²) >= 11 is 0. The molecule has 0 radical (unpaired) electrons. The van der Waals surface area contributed by atoms with E-state index in [0.29, 0.717) is 12.4 Å². The second-order valence-electron chi connectivity index (χ2n) is 5.09. The maximum absolute atomic E-state index is 12.4. The van der Waals surface area contributed by atoms with Crippen molar-refractivity contribution in [2.75, 3.05) is 11.5 Å². The molecule has 0 N–H and O–H groups in total. The third-order valence-corrected chi connectivity index (χ3v) is 3.50. The second-order valence-corrected chi connectivity index (χ2v) is 5.09. The van der Waals surface area contributed by atoms with Crippen LogP contribution >= 0.6 is 0 Å². The van der Waals surface area contributed by atoms with Crippen LogP contribution in [0.5, 0.6) is 5.75 Å². The molecular weight excluding hydrogens is 278 g/mol. The summed E-state index contributed by atoms with van der Waals surface area (Å²) in [7, 11) is 0. The van der Waals surface area contributed by atoms with Gasteiger partial charge >= 0.3 is 6.09 Å². The Morgan fingerprint density at radius 1 is 1.23 bits per heavy atom. The minimum absolute atomic E-state index is 0.342. The number of benzene rings is 2. The van der Waals surface area contributed by atoms with Gasteiger partial charge in [-0.2, -0.15) is 0 Å². The molecule has 2 aromatic rings. The molecule has 112 valence electrons. The van der Waals surface area contributed by atoms with Crippen LogP contribution in [0.3, 0.4) is 0 Å². The van der Waals surface area contributed by atoms with Gasteiger partial charge in [-0.05, 0) is 25.1 Å². The highest BCUT2D eigenvalue weighted by Gasteiger charge is 2.35. The highest BCUT2D eigenvalue weighted by atomic mass is 16.6. The smallest absolute Gasteiger partial charge is 0.409 e. The minimum Gasteiger partial charge on any atom is -0.409 e. The SMILES string of the molecule is C=CCOC1c2ccccc2OC(=O)N1c1ccc(C)cc1. The first-order valence-electron chi connectivity index (χ1n) is 7.10. The molecule has 3 rings (SSSR count). The fourth-order valence-electron chi connectivity index (χ4n) is 2.43. The summed E-state index contributed by atoms with van der Waals surface area (Å²) in [6.45, 7) is 6.01. The van der Waals surface area contributed by atoms with E-state index in [0.717, 1.165) is 16.8 Å². The lowest BCUT2D eigenvalue weighted by Crippen LogP contribution is -2.42. The number of rotatable bonds is 4. The summed E-state index contributed by atoms with van der Waals surface area (Å²) in [4.78, 5) is 13.9. The van der Waals surface area contributed by atoms with Gasteiger partial charge < -0.3 is 9.47 Å². The van der Waals surface area contributed by atoms with E-state index in [1.807, 2.05) is 49.4 Å². The number of carbonyl (C=O) groups is 1. The largest absolute Gasteiger partial charge is 0.422 e. The summed E-state index contributed by atoms with van der Waals surface area (Å²) in [5, 5.41) is 0. The molecule has 4 heteroatoms. The van der Waals surface area contributed by atoms with Crippen molar-refractivity contribution in [2.45, 2.75) is 13.2 Å². The van der Waals surface area contributed by atoms with E-state index in [4.69, 9.17) is 9.47 Å². The van der Waals surface area contributed by atoms with E-state index >= 15 is 0 Å². The summed E-state index contributed by atoms with van der Waals surface area (Å²) in [6.07, 6.45) is 0.686. The molecule has 1 amide bonds. The molecule has 1 aliphatic rings. The minimum atomic E-state index is -0.529. The molecule has 1 atom stereocenters. The van der Waals surface area contributed by atoms with Crippen LogP contribution in [0.25, 0.3) is 0 Å². The van der Waals surface area contributed by atoms with Crippen molar-refractivity contribution < 1.29 is 14.3 Å². The number of para-hydroxylation sites is 1. The number of carbonyl (C=O) groups excluding carboxylic acids is 1. The van der Waals surface area contributed by atoms with Crippen LogP contribution in [0.15, 0.2) is 61.2 Å². The molecule has 1 unspecified atom stereocenters. The Hall–Kier alpha value is -2.59. The number of hydrogen-bond acceptors (Lipinski definition) is 3. The molecule has 0 aliphatic carbocycles. The standard InChI is InChI=1S/C18H17NO3/c1-3-12-21-17-15-6-4-5-7-16(15)22-18(20)19(17)14-10-8-13(2)9-11-14/h3-11,17H,1,12H2,2H3. The Labute approximate surface area is 129 Å². The van der Waals surface area contributed by atoms with Crippen molar-refractivity contribution >= 4 is 11.8 Å². The van der Waals surface area contributed by atoms with Crippen molar-refractivity contribution in [3.8, 4) is 5.75 Å². The number of nitrogens with zero attached hydrogens (tertiary/aromatic N) is 1. The van der Waals surface area contributed by atoms with Crippen LogP contribution in [-0.4, -0.2) is 12.7 Å². The first-order valence-corrected chi connectivity index (χ1v) is 7.10. The normalized spacial score (nSPS) is 16.9. The van der Waals surface area contributed by atoms with Crippen molar-refractivity contribution in [2.24, 2.45) is 0 Å². The average molecular weight is 295 g/mol. The number of anilines is 1. The molecule has 0 saturated heterocycles. The van der Waals surface area contributed by atoms with Gasteiger partial charge in [0.1, 0.15) is 5.75 Å². The molecule has 1 heterocycles. The topological polar surface area (TPSA) is 38.8 Å². The van der Waals surface area contributed by atoms with Crippen molar-refractivity contribution in [3.05, 3.63) is 72.3 Å². The number of amides is 1. The van der Waals surface area contributed by atoms with E-state index in [1.165, 1.54) is 4.90 Å². The van der Waals surface area contributed by atoms with Crippen molar-refractivity contribution in [1.29, 1.82) is 0 Å². The summed E-state index contributed by atoms with van der Waals surface area (Å²) in [6, 6.07) is 15.1. The summed E-state index contributed by atoms with van der Waals surface area (Å²) in [5.41, 5.74) is 2.68. The highest BCUT2D eigenvalue weighted by molar-refractivity contribution is 5.91. The van der Waals surface area contributed by atoms with Crippen LogP contribution < -0.4 is 9.64 Å². The third-order valence-electron chi connectivity index (χ3n) is 3.50. The molecule has 4 nitrogen and oxygen atoms in total. The predicted molar refractivity (Wildman–Crippen MR) is 85.0 cm³/mol. The fraction of sp³-hybridized carbons (Fsp3) is 0.167. The third kappa shape index (κ3) is 2.61. The van der Waals surface area contributed by atoms with Gasteiger partial charge in [-0.3, -0.25) is 0 Å². The zero-order valence-corrected chi connectivity index (χ0v) is 12.4. The van der Waals surface area contributed by atoms with Gasteiger partial charge in [0.15, 0.2) is 6.23 Å². The maximum Gasteiger partial charge on any atom is 0.422 e. The lowest BCUT2D eigenvalue weighted by Gasteiger charge is -2.35. The monoisotopic (exact) mass is 295 g/mol. The first-order chi connectivity index (χ1) is 10.7. The van der Waals surface area contributed by atoms with Crippen LogP contribution in [0.2, 0.25) is 0 Å². The van der Waals surface area contributed by atoms with Gasteiger partial charge in [-0.15, -0.1) is 6.58 Å². The van der Waals surface area contributed by atoms with Gasteiger partial charge in [0, 0.05) is 5.56 Å². The Kier molecular flexibility index (Phi) is 3.94. The van der Waals surface area contributed by atoms with E-state index in [1.54, 1.807) is 12.1 Å². The van der Waals surface area contributed by atoms with Gasteiger partial charge in [0.2, 0.25) is 0 Å². The van der Waals surface area contributed by atoms with E-state index in [2.05, 4.69) is 6.58 Å². The Morgan fingerprint density at radius 2 is 1.95 bits per heavy atom. The highest BCUT2D eigenvalue weighted by Crippen LogP contribution is 2.38. The Balaban J connectivity index is 2.04. The van der Waals surface area contributed by atoms with Crippen molar-refractivity contribution in [1.82, 2.24) is 0 Å². The Morgan fingerprint density at radius 3 is 2.68 bits per heavy atom. The fourth-order valence-corrected chi connectivity index (χ4v) is 2.43. The zero-order valence-electron chi connectivity index (χ0n) is 12.4. The number of fused-ring (bicyclic) bond motifs is 1. The van der Waals surface area contributed by atoms with Crippen molar-refractivity contribution in [3.63, 3.8) is 0 Å². The van der Waals surface area contributed by atoms with E-state index in [-0.39, 0.29) is 0 Å². The van der Waals surface area contributed by atoms with Gasteiger partial charge in [0.25, 0.3) is 0 Å². The molecule has 1 aliphatic heterocycles.